The van der Waals surface area contributed by atoms with Crippen LogP contribution in [0.3, 0.4) is 0 Å². The summed E-state index contributed by atoms with van der Waals surface area (Å²) in [6.45, 7) is 6.50. The van der Waals surface area contributed by atoms with Gasteiger partial charge in [0, 0.05) is 6.20 Å². The number of hydrogen-bond acceptors (Lipinski definition) is 5. The van der Waals surface area contributed by atoms with Gasteiger partial charge in [-0.15, -0.1) is 0 Å². The molecule has 0 saturated heterocycles. The molecule has 5 nitrogen and oxygen atoms in total. The van der Waals surface area contributed by atoms with Gasteiger partial charge in [-0.3, -0.25) is 4.98 Å². The normalized spacial score (nSPS) is 22.6. The monoisotopic (exact) mass is 409 g/mol. The van der Waals surface area contributed by atoms with Gasteiger partial charge in [0.15, 0.2) is 5.84 Å². The van der Waals surface area contributed by atoms with E-state index in [1.165, 1.54) is 5.56 Å². The summed E-state index contributed by atoms with van der Waals surface area (Å²) in [7, 11) is 0. The number of pyridine rings is 1. The first-order valence-corrected chi connectivity index (χ1v) is 10.2. The van der Waals surface area contributed by atoms with E-state index < -0.39 is 11.5 Å². The summed E-state index contributed by atoms with van der Waals surface area (Å²) < 4.78 is 5.38. The largest absolute Gasteiger partial charge is 0.462 e. The fraction of sp³-hybridized carbons (Fsp3) is 0.348. The molecular weight excluding hydrogens is 386 g/mol. The molecule has 0 amide bonds. The van der Waals surface area contributed by atoms with Crippen molar-refractivity contribution >= 4 is 23.4 Å². The fourth-order valence-electron chi connectivity index (χ4n) is 4.28. The number of nitrogens with zero attached hydrogens (tertiary/aromatic N) is 2. The lowest BCUT2D eigenvalue weighted by molar-refractivity contribution is -0.139. The van der Waals surface area contributed by atoms with Crippen LogP contribution in [0, 0.1) is 0 Å². The quantitative estimate of drug-likeness (QED) is 0.602. The second-order valence-electron chi connectivity index (χ2n) is 8.00. The van der Waals surface area contributed by atoms with E-state index in [1.54, 1.807) is 13.1 Å². The second kappa shape index (κ2) is 7.30. The van der Waals surface area contributed by atoms with Gasteiger partial charge in [-0.1, -0.05) is 55.8 Å². The Morgan fingerprint density at radius 1 is 1.14 bits per heavy atom. The number of fused-ring (bicyclic) bond motifs is 2. The lowest BCUT2D eigenvalue weighted by atomic mass is 9.63. The molecule has 6 heteroatoms. The van der Waals surface area contributed by atoms with E-state index in [0.29, 0.717) is 23.5 Å². The van der Waals surface area contributed by atoms with Gasteiger partial charge in [-0.25, -0.2) is 9.79 Å². The first kappa shape index (κ1) is 19.6. The van der Waals surface area contributed by atoms with Gasteiger partial charge in [0.05, 0.1) is 6.61 Å². The van der Waals surface area contributed by atoms with E-state index >= 15 is 0 Å². The van der Waals surface area contributed by atoms with Crippen molar-refractivity contribution in [3.8, 4) is 0 Å². The zero-order valence-corrected chi connectivity index (χ0v) is 17.6. The summed E-state index contributed by atoms with van der Waals surface area (Å²) in [5, 5.41) is 3.32. The lowest BCUT2D eigenvalue weighted by Crippen LogP contribution is -2.46. The highest BCUT2D eigenvalue weighted by Gasteiger charge is 2.51. The number of hydrogen-bond donors (Lipinski definition) is 1. The van der Waals surface area contributed by atoms with E-state index in [2.05, 4.69) is 30.2 Å². The maximum absolute atomic E-state index is 13.0. The molecule has 1 atom stereocenters. The zero-order valence-electron chi connectivity index (χ0n) is 16.8. The van der Waals surface area contributed by atoms with Gasteiger partial charge in [0.2, 0.25) is 0 Å². The number of aromatic nitrogens is 1. The Morgan fingerprint density at radius 2 is 1.86 bits per heavy atom. The average molecular weight is 410 g/mol. The number of carbonyl (C=O) groups is 1. The summed E-state index contributed by atoms with van der Waals surface area (Å²) in [6.07, 6.45) is 3.22. The van der Waals surface area contributed by atoms with Crippen LogP contribution >= 0.6 is 11.6 Å². The van der Waals surface area contributed by atoms with Crippen molar-refractivity contribution < 1.29 is 9.53 Å². The minimum atomic E-state index is -0.909. The van der Waals surface area contributed by atoms with E-state index in [-0.39, 0.29) is 17.2 Å². The highest BCUT2D eigenvalue weighted by Crippen LogP contribution is 2.52. The molecule has 29 heavy (non-hydrogen) atoms. The molecule has 1 aromatic carbocycles. The third-order valence-electron chi connectivity index (χ3n) is 5.76. The minimum Gasteiger partial charge on any atom is -0.462 e. The Bertz CT molecular complexity index is 1010. The number of halogens is 1. The number of benzene rings is 1. The molecule has 0 bridgehead atoms. The smallest absolute Gasteiger partial charge is 0.339 e. The SMILES string of the molecule is CCOC(=O)C1=C(Cl)NC(c2ccccn2)=NC12CCC(C)(C)c1ccccc12. The average Bonchev–Trinajstić information content (AvgIpc) is 2.72. The number of rotatable bonds is 3. The first-order chi connectivity index (χ1) is 13.9. The first-order valence-electron chi connectivity index (χ1n) is 9.85. The van der Waals surface area contributed by atoms with E-state index in [4.69, 9.17) is 21.3 Å². The third-order valence-corrected chi connectivity index (χ3v) is 6.05. The van der Waals surface area contributed by atoms with Gasteiger partial charge in [-0.05, 0) is 48.4 Å². The van der Waals surface area contributed by atoms with Crippen molar-refractivity contribution in [1.82, 2.24) is 10.3 Å². The predicted molar refractivity (Wildman–Crippen MR) is 114 cm³/mol. The zero-order chi connectivity index (χ0) is 20.6. The summed E-state index contributed by atoms with van der Waals surface area (Å²) in [4.78, 5) is 22.5. The van der Waals surface area contributed by atoms with Crippen LogP contribution in [0.5, 0.6) is 0 Å². The minimum absolute atomic E-state index is 0.0281. The molecule has 4 rings (SSSR count). The van der Waals surface area contributed by atoms with E-state index in [0.717, 1.165) is 12.0 Å². The van der Waals surface area contributed by atoms with Gasteiger partial charge >= 0.3 is 5.97 Å². The molecule has 1 unspecified atom stereocenters. The van der Waals surface area contributed by atoms with Crippen LogP contribution in [0.1, 0.15) is 50.4 Å². The van der Waals surface area contributed by atoms with Crippen LogP contribution in [-0.2, 0) is 20.5 Å². The molecule has 150 valence electrons. The molecule has 1 N–H and O–H groups in total. The molecule has 2 aromatic rings. The van der Waals surface area contributed by atoms with Crippen LogP contribution in [0.2, 0.25) is 0 Å². The van der Waals surface area contributed by atoms with E-state index in [9.17, 15) is 4.79 Å². The highest BCUT2D eigenvalue weighted by atomic mass is 35.5. The number of carbonyl (C=O) groups excluding carboxylic acids is 1. The maximum Gasteiger partial charge on any atom is 0.339 e. The van der Waals surface area contributed by atoms with E-state index in [1.807, 2.05) is 36.4 Å². The summed E-state index contributed by atoms with van der Waals surface area (Å²) >= 11 is 6.68. The Labute approximate surface area is 175 Å². The van der Waals surface area contributed by atoms with Crippen molar-refractivity contribution in [3.05, 3.63) is 76.2 Å². The Kier molecular flexibility index (Phi) is 4.95. The van der Waals surface area contributed by atoms with Crippen molar-refractivity contribution in [2.24, 2.45) is 4.99 Å². The van der Waals surface area contributed by atoms with Gasteiger partial charge in [0.1, 0.15) is 22.0 Å². The van der Waals surface area contributed by atoms with Crippen molar-refractivity contribution in [3.63, 3.8) is 0 Å². The maximum atomic E-state index is 13.0. The van der Waals surface area contributed by atoms with Gasteiger partial charge in [0.25, 0.3) is 0 Å². The number of nitrogens with one attached hydrogen (secondary N) is 1. The van der Waals surface area contributed by atoms with Gasteiger partial charge in [-0.2, -0.15) is 0 Å². The second-order valence-corrected chi connectivity index (χ2v) is 8.38. The Morgan fingerprint density at radius 3 is 2.55 bits per heavy atom. The lowest BCUT2D eigenvalue weighted by Gasteiger charge is -2.45. The summed E-state index contributed by atoms with van der Waals surface area (Å²) in [5.74, 6) is 0.112. The number of ether oxygens (including phenoxy) is 1. The van der Waals surface area contributed by atoms with Crippen LogP contribution in [-0.4, -0.2) is 23.4 Å². The van der Waals surface area contributed by atoms with Crippen molar-refractivity contribution in [2.45, 2.75) is 44.6 Å². The number of esters is 1. The van der Waals surface area contributed by atoms with Gasteiger partial charge < -0.3 is 10.1 Å². The standard InChI is InChI=1S/C23H24ClN3O2/c1-4-29-21(28)18-19(24)26-20(17-11-7-8-14-25-17)27-23(18)13-12-22(2,3)15-9-5-6-10-16(15)23/h5-11,14H,4,12-13H2,1-3H3,(H,26,27). The fourth-order valence-corrected chi connectivity index (χ4v) is 4.60. The number of amidine groups is 1. The van der Waals surface area contributed by atoms with Crippen molar-refractivity contribution in [2.75, 3.05) is 6.61 Å². The Hall–Kier alpha value is -2.66. The molecule has 2 heterocycles. The van der Waals surface area contributed by atoms with Crippen LogP contribution in [0.4, 0.5) is 0 Å². The molecule has 0 fully saturated rings. The van der Waals surface area contributed by atoms with Crippen LogP contribution in [0.25, 0.3) is 0 Å². The van der Waals surface area contributed by atoms with Crippen LogP contribution < -0.4 is 5.32 Å². The number of aliphatic imine (C=N–C) groups is 1. The molecular formula is C23H24ClN3O2. The molecule has 0 radical (unpaired) electrons. The molecule has 1 aliphatic heterocycles. The molecule has 2 aliphatic rings. The predicted octanol–water partition coefficient (Wildman–Crippen LogP) is 4.41. The molecule has 1 aliphatic carbocycles. The summed E-state index contributed by atoms with van der Waals surface area (Å²) in [6, 6.07) is 13.8. The Balaban J connectivity index is 1.98. The molecule has 1 aromatic heterocycles. The highest BCUT2D eigenvalue weighted by molar-refractivity contribution is 6.33. The molecule has 1 spiro atoms. The third kappa shape index (κ3) is 3.23. The summed E-state index contributed by atoms with van der Waals surface area (Å²) in [5.41, 5.74) is 2.27. The van der Waals surface area contributed by atoms with Crippen LogP contribution in [0.15, 0.2) is 64.4 Å². The van der Waals surface area contributed by atoms with Crippen molar-refractivity contribution in [1.29, 1.82) is 0 Å². The molecule has 0 saturated carbocycles. The topological polar surface area (TPSA) is 63.6 Å².